The van der Waals surface area contributed by atoms with Crippen LogP contribution in [0.4, 0.5) is 0 Å². The minimum Gasteiger partial charge on any atom is -0.459 e. The van der Waals surface area contributed by atoms with Crippen molar-refractivity contribution in [1.29, 1.82) is 0 Å². The maximum Gasteiger partial charge on any atom is 0.325 e. The summed E-state index contributed by atoms with van der Waals surface area (Å²) in [5, 5.41) is 2.35. The summed E-state index contributed by atoms with van der Waals surface area (Å²) in [4.78, 5) is 21.3. The summed E-state index contributed by atoms with van der Waals surface area (Å²) in [5.41, 5.74) is -0.491. The first-order valence-corrected chi connectivity index (χ1v) is 4.77. The van der Waals surface area contributed by atoms with Crippen molar-refractivity contribution >= 4 is 11.9 Å². The summed E-state index contributed by atoms with van der Waals surface area (Å²) in [7, 11) is 0. The van der Waals surface area contributed by atoms with E-state index in [4.69, 9.17) is 4.74 Å². The van der Waals surface area contributed by atoms with Crippen molar-refractivity contribution in [1.82, 2.24) is 5.32 Å². The standard InChI is InChI=1S/C8H15NO3.C2H6.H2/c1-6(10)9-5-7(11)12-8(2,3)4;1-2;/h5H2,1-4H3,(H,9,10);1-2H3;1H. The number of rotatable bonds is 2. The van der Waals surface area contributed by atoms with Crippen LogP contribution in [0.2, 0.25) is 0 Å². The fourth-order valence-electron chi connectivity index (χ4n) is 0.574. The Morgan fingerprint density at radius 2 is 1.71 bits per heavy atom. The second-order valence-electron chi connectivity index (χ2n) is 3.50. The van der Waals surface area contributed by atoms with Gasteiger partial charge in [-0.25, -0.2) is 0 Å². The van der Waals surface area contributed by atoms with E-state index in [1.165, 1.54) is 6.92 Å². The number of nitrogens with one attached hydrogen (secondary N) is 1. The average Bonchev–Trinajstić information content (AvgIpc) is 2.02. The summed E-state index contributed by atoms with van der Waals surface area (Å²) < 4.78 is 4.93. The van der Waals surface area contributed by atoms with Crippen molar-refractivity contribution < 1.29 is 15.8 Å². The number of carbonyl (C=O) groups is 2. The molecular weight excluding hydrogens is 182 g/mol. The highest BCUT2D eigenvalue weighted by Crippen LogP contribution is 2.05. The number of amides is 1. The molecule has 14 heavy (non-hydrogen) atoms. The van der Waals surface area contributed by atoms with Gasteiger partial charge >= 0.3 is 5.97 Å². The number of esters is 1. The maximum absolute atomic E-state index is 10.9. The Labute approximate surface area is 87.5 Å². The SMILES string of the molecule is CC.CC(=O)NCC(=O)OC(C)(C)C.[HH]. The van der Waals surface area contributed by atoms with Gasteiger partial charge < -0.3 is 10.1 Å². The van der Waals surface area contributed by atoms with Crippen molar-refractivity contribution in [3.63, 3.8) is 0 Å². The van der Waals surface area contributed by atoms with Crippen molar-refractivity contribution in [3.05, 3.63) is 0 Å². The molecule has 0 fully saturated rings. The number of ether oxygens (including phenoxy) is 1. The Morgan fingerprint density at radius 3 is 2.00 bits per heavy atom. The lowest BCUT2D eigenvalue weighted by Crippen LogP contribution is -2.33. The molecule has 0 atom stereocenters. The first-order chi connectivity index (χ1) is 6.31. The molecule has 0 aliphatic heterocycles. The van der Waals surface area contributed by atoms with Crippen molar-refractivity contribution in [2.75, 3.05) is 6.54 Å². The van der Waals surface area contributed by atoms with Crippen molar-refractivity contribution in [2.45, 2.75) is 47.1 Å². The summed E-state index contributed by atoms with van der Waals surface area (Å²) in [6.07, 6.45) is 0. The molecule has 0 unspecified atom stereocenters. The van der Waals surface area contributed by atoms with E-state index in [-0.39, 0.29) is 13.9 Å². The van der Waals surface area contributed by atoms with Gasteiger partial charge in [0.05, 0.1) is 0 Å². The first-order valence-electron chi connectivity index (χ1n) is 4.77. The van der Waals surface area contributed by atoms with E-state index >= 15 is 0 Å². The Balaban J connectivity index is -0.000000449. The Morgan fingerprint density at radius 1 is 1.29 bits per heavy atom. The molecule has 0 radical (unpaired) electrons. The van der Waals surface area contributed by atoms with Crippen LogP contribution in [0.15, 0.2) is 0 Å². The molecule has 4 nitrogen and oxygen atoms in total. The normalized spacial score (nSPS) is 9.57. The molecule has 0 aliphatic rings. The second-order valence-corrected chi connectivity index (χ2v) is 3.50. The van der Waals surface area contributed by atoms with Gasteiger partial charge in [-0.15, -0.1) is 0 Å². The number of hydrogen-bond acceptors (Lipinski definition) is 3. The Kier molecular flexibility index (Phi) is 8.10. The van der Waals surface area contributed by atoms with E-state index in [2.05, 4.69) is 5.32 Å². The third-order valence-electron chi connectivity index (χ3n) is 0.902. The maximum atomic E-state index is 10.9. The van der Waals surface area contributed by atoms with Gasteiger partial charge in [0, 0.05) is 8.35 Å². The highest BCUT2D eigenvalue weighted by Gasteiger charge is 2.15. The fraction of sp³-hybridized carbons (Fsp3) is 0.800. The van der Waals surface area contributed by atoms with Crippen LogP contribution in [-0.2, 0) is 14.3 Å². The molecule has 86 valence electrons. The highest BCUT2D eigenvalue weighted by atomic mass is 16.6. The van der Waals surface area contributed by atoms with E-state index in [0.717, 1.165) is 0 Å². The summed E-state index contributed by atoms with van der Waals surface area (Å²) in [6, 6.07) is 0. The van der Waals surface area contributed by atoms with Gasteiger partial charge in [-0.1, -0.05) is 13.8 Å². The monoisotopic (exact) mass is 205 g/mol. The molecule has 1 amide bonds. The Bertz CT molecular complexity index is 188. The summed E-state index contributed by atoms with van der Waals surface area (Å²) in [6.45, 7) is 10.6. The molecule has 0 heterocycles. The van der Waals surface area contributed by atoms with Gasteiger partial charge in [-0.2, -0.15) is 0 Å². The lowest BCUT2D eigenvalue weighted by atomic mass is 10.2. The molecule has 0 saturated heterocycles. The minimum absolute atomic E-state index is 0. The lowest BCUT2D eigenvalue weighted by molar-refractivity contribution is -0.154. The quantitative estimate of drug-likeness (QED) is 0.698. The fourth-order valence-corrected chi connectivity index (χ4v) is 0.574. The van der Waals surface area contributed by atoms with Crippen LogP contribution in [0.25, 0.3) is 0 Å². The van der Waals surface area contributed by atoms with Crippen molar-refractivity contribution in [3.8, 4) is 0 Å². The molecule has 0 aromatic heterocycles. The zero-order valence-corrected chi connectivity index (χ0v) is 9.93. The van der Waals surface area contributed by atoms with Gasteiger partial charge in [0.15, 0.2) is 0 Å². The highest BCUT2D eigenvalue weighted by molar-refractivity contribution is 5.80. The van der Waals surface area contributed by atoms with E-state index < -0.39 is 11.6 Å². The largest absolute Gasteiger partial charge is 0.459 e. The summed E-state index contributed by atoms with van der Waals surface area (Å²) >= 11 is 0. The molecule has 0 rings (SSSR count). The van der Waals surface area contributed by atoms with Gasteiger partial charge in [-0.05, 0) is 20.8 Å². The molecule has 0 aromatic rings. The summed E-state index contributed by atoms with van der Waals surface area (Å²) in [5.74, 6) is -0.654. The van der Waals surface area contributed by atoms with Crippen LogP contribution >= 0.6 is 0 Å². The average molecular weight is 205 g/mol. The van der Waals surface area contributed by atoms with Gasteiger partial charge in [0.1, 0.15) is 12.1 Å². The molecule has 0 saturated carbocycles. The van der Waals surface area contributed by atoms with Crippen LogP contribution < -0.4 is 5.32 Å². The molecule has 4 heteroatoms. The number of carbonyl (C=O) groups excluding carboxylic acids is 2. The van der Waals surface area contributed by atoms with E-state index in [1.54, 1.807) is 20.8 Å². The minimum atomic E-state index is -0.491. The molecule has 0 aromatic carbocycles. The molecular formula is C10H23NO3. The van der Waals surface area contributed by atoms with E-state index in [1.807, 2.05) is 13.8 Å². The predicted molar refractivity (Wildman–Crippen MR) is 58.0 cm³/mol. The zero-order chi connectivity index (χ0) is 11.8. The van der Waals surface area contributed by atoms with Crippen LogP contribution in [0.5, 0.6) is 0 Å². The lowest BCUT2D eigenvalue weighted by Gasteiger charge is -2.19. The number of hydrogen-bond donors (Lipinski definition) is 1. The topological polar surface area (TPSA) is 55.4 Å². The third-order valence-corrected chi connectivity index (χ3v) is 0.902. The van der Waals surface area contributed by atoms with Gasteiger partial charge in [-0.3, -0.25) is 9.59 Å². The molecule has 0 aliphatic carbocycles. The van der Waals surface area contributed by atoms with E-state index in [0.29, 0.717) is 0 Å². The van der Waals surface area contributed by atoms with Crippen LogP contribution in [0.1, 0.15) is 43.0 Å². The van der Waals surface area contributed by atoms with Crippen LogP contribution in [0, 0.1) is 0 Å². The third kappa shape index (κ3) is 13.5. The first kappa shape index (κ1) is 15.4. The van der Waals surface area contributed by atoms with Crippen molar-refractivity contribution in [2.24, 2.45) is 0 Å². The second kappa shape index (κ2) is 7.35. The molecule has 1 N–H and O–H groups in total. The van der Waals surface area contributed by atoms with Crippen LogP contribution in [0.3, 0.4) is 0 Å². The van der Waals surface area contributed by atoms with Gasteiger partial charge in [0.25, 0.3) is 0 Å². The van der Waals surface area contributed by atoms with E-state index in [9.17, 15) is 9.59 Å². The Hall–Kier alpha value is -1.06. The predicted octanol–water partition coefficient (Wildman–Crippen LogP) is 1.74. The molecule has 0 bridgehead atoms. The zero-order valence-electron chi connectivity index (χ0n) is 9.93. The van der Waals surface area contributed by atoms with Gasteiger partial charge in [0.2, 0.25) is 5.91 Å². The van der Waals surface area contributed by atoms with Crippen LogP contribution in [-0.4, -0.2) is 24.0 Å². The smallest absolute Gasteiger partial charge is 0.325 e. The molecule has 0 spiro atoms.